The summed E-state index contributed by atoms with van der Waals surface area (Å²) in [6, 6.07) is 2.62. The van der Waals surface area contributed by atoms with Gasteiger partial charge in [0.1, 0.15) is 0 Å². The van der Waals surface area contributed by atoms with Crippen LogP contribution in [0.4, 0.5) is 14.5 Å². The monoisotopic (exact) mass is 498 g/mol. The number of ether oxygens (including phenoxy) is 1. The normalized spacial score (nSPS) is 16.5. The Hall–Kier alpha value is -2.53. The maximum Gasteiger partial charge on any atom is 0.340 e. The van der Waals surface area contributed by atoms with Crippen molar-refractivity contribution in [3.63, 3.8) is 0 Å². The van der Waals surface area contributed by atoms with Crippen molar-refractivity contribution >= 4 is 38.9 Å². The second-order valence-corrected chi connectivity index (χ2v) is 11.3. The molecule has 2 aliphatic rings. The minimum absolute atomic E-state index is 0.0323. The smallest absolute Gasteiger partial charge is 0.340 e. The molecule has 1 saturated carbocycles. The zero-order valence-electron chi connectivity index (χ0n) is 18.0. The summed E-state index contributed by atoms with van der Waals surface area (Å²) in [6.45, 7) is 0.603. The first kappa shape index (κ1) is 23.6. The van der Waals surface area contributed by atoms with Gasteiger partial charge >= 0.3 is 5.97 Å². The molecule has 0 spiro atoms. The standard InChI is InChI=1S/C22H24F2N2O5S2/c1-31-21(28)20-15-8-9-26(19(27)10-13-4-2-3-5-13)12-18(15)32-22(20)33(29,30)25-14-6-7-16(23)17(24)11-14/h6-7,11,13,25H,2-5,8-10,12H2,1H3. The van der Waals surface area contributed by atoms with Gasteiger partial charge in [-0.25, -0.2) is 22.0 Å². The van der Waals surface area contributed by atoms with E-state index in [1.807, 2.05) is 0 Å². The largest absolute Gasteiger partial charge is 0.465 e. The summed E-state index contributed by atoms with van der Waals surface area (Å²) in [5.74, 6) is -2.69. The molecule has 1 aliphatic heterocycles. The van der Waals surface area contributed by atoms with E-state index in [0.717, 1.165) is 62.3 Å². The molecule has 1 fully saturated rings. The van der Waals surface area contributed by atoms with Gasteiger partial charge in [0.2, 0.25) is 5.91 Å². The first-order chi connectivity index (χ1) is 15.7. The molecule has 1 aromatic heterocycles. The lowest BCUT2D eigenvalue weighted by atomic mass is 10.0. The highest BCUT2D eigenvalue weighted by molar-refractivity contribution is 7.94. The summed E-state index contributed by atoms with van der Waals surface area (Å²) in [7, 11) is -3.15. The van der Waals surface area contributed by atoms with E-state index in [4.69, 9.17) is 4.74 Å². The van der Waals surface area contributed by atoms with Gasteiger partial charge in [-0.1, -0.05) is 12.8 Å². The third kappa shape index (κ3) is 4.89. The second-order valence-electron chi connectivity index (χ2n) is 8.31. The minimum Gasteiger partial charge on any atom is -0.465 e. The number of hydrogen-bond acceptors (Lipinski definition) is 6. The van der Waals surface area contributed by atoms with Crippen molar-refractivity contribution in [3.8, 4) is 0 Å². The number of carbonyl (C=O) groups is 2. The van der Waals surface area contributed by atoms with Crippen molar-refractivity contribution in [1.82, 2.24) is 4.90 Å². The molecule has 11 heteroatoms. The van der Waals surface area contributed by atoms with Gasteiger partial charge < -0.3 is 9.64 Å². The van der Waals surface area contributed by atoms with Crippen LogP contribution in [0.1, 0.15) is 52.9 Å². The molecule has 0 saturated heterocycles. The first-order valence-electron chi connectivity index (χ1n) is 10.7. The van der Waals surface area contributed by atoms with Crippen LogP contribution in [0.25, 0.3) is 0 Å². The van der Waals surface area contributed by atoms with Gasteiger partial charge in [-0.15, -0.1) is 11.3 Å². The molecule has 7 nitrogen and oxygen atoms in total. The summed E-state index contributed by atoms with van der Waals surface area (Å²) in [5.41, 5.74) is 0.294. The predicted molar refractivity (Wildman–Crippen MR) is 119 cm³/mol. The summed E-state index contributed by atoms with van der Waals surface area (Å²) in [4.78, 5) is 27.6. The van der Waals surface area contributed by atoms with Gasteiger partial charge in [0.25, 0.3) is 10.0 Å². The number of esters is 1. The number of amides is 1. The van der Waals surface area contributed by atoms with E-state index >= 15 is 0 Å². The quantitative estimate of drug-likeness (QED) is 0.606. The molecule has 1 aromatic carbocycles. The number of benzene rings is 1. The minimum atomic E-state index is -4.30. The predicted octanol–water partition coefficient (Wildman–Crippen LogP) is 4.08. The lowest BCUT2D eigenvalue weighted by Gasteiger charge is -2.28. The molecular formula is C22H24F2N2O5S2. The van der Waals surface area contributed by atoms with Crippen LogP contribution in [0.2, 0.25) is 0 Å². The number of thiophene rings is 1. The Bertz CT molecular complexity index is 1190. The van der Waals surface area contributed by atoms with Crippen molar-refractivity contribution in [1.29, 1.82) is 0 Å². The van der Waals surface area contributed by atoms with Crippen molar-refractivity contribution in [2.45, 2.75) is 49.3 Å². The molecule has 1 amide bonds. The maximum atomic E-state index is 13.6. The lowest BCUT2D eigenvalue weighted by Crippen LogP contribution is -2.36. The third-order valence-electron chi connectivity index (χ3n) is 6.12. The van der Waals surface area contributed by atoms with Crippen LogP contribution in [0.3, 0.4) is 0 Å². The number of hydrogen-bond donors (Lipinski definition) is 1. The van der Waals surface area contributed by atoms with E-state index in [1.165, 1.54) is 0 Å². The molecule has 2 heterocycles. The molecule has 0 atom stereocenters. The Morgan fingerprint density at radius 1 is 1.21 bits per heavy atom. The molecule has 33 heavy (non-hydrogen) atoms. The zero-order valence-corrected chi connectivity index (χ0v) is 19.7. The number of carbonyl (C=O) groups excluding carboxylic acids is 2. The van der Waals surface area contributed by atoms with E-state index < -0.39 is 27.6 Å². The number of methoxy groups -OCH3 is 1. The number of anilines is 1. The van der Waals surface area contributed by atoms with E-state index in [-0.39, 0.29) is 27.9 Å². The van der Waals surface area contributed by atoms with Crippen LogP contribution in [-0.2, 0) is 32.5 Å². The van der Waals surface area contributed by atoms with E-state index in [2.05, 4.69) is 4.72 Å². The van der Waals surface area contributed by atoms with Crippen molar-refractivity contribution in [3.05, 3.63) is 45.8 Å². The zero-order chi connectivity index (χ0) is 23.8. The summed E-state index contributed by atoms with van der Waals surface area (Å²) < 4.78 is 59.7. The Balaban J connectivity index is 1.62. The molecule has 4 rings (SSSR count). The Kier molecular flexibility index (Phi) is 6.71. The molecule has 2 aromatic rings. The molecule has 1 N–H and O–H groups in total. The Morgan fingerprint density at radius 3 is 2.61 bits per heavy atom. The molecule has 178 valence electrons. The van der Waals surface area contributed by atoms with Crippen molar-refractivity contribution < 1.29 is 31.5 Å². The van der Waals surface area contributed by atoms with Crippen LogP contribution in [0.5, 0.6) is 0 Å². The Morgan fingerprint density at radius 2 is 1.94 bits per heavy atom. The number of sulfonamides is 1. The van der Waals surface area contributed by atoms with Gasteiger partial charge in [-0.2, -0.15) is 0 Å². The highest BCUT2D eigenvalue weighted by Crippen LogP contribution is 2.38. The fourth-order valence-electron chi connectivity index (χ4n) is 4.44. The SMILES string of the molecule is COC(=O)c1c(S(=O)(=O)Nc2ccc(F)c(F)c2)sc2c1CCN(C(=O)CC1CCCC1)C2. The average Bonchev–Trinajstić information content (AvgIpc) is 3.43. The maximum absolute atomic E-state index is 13.6. The summed E-state index contributed by atoms with van der Waals surface area (Å²) >= 11 is 0.890. The van der Waals surface area contributed by atoms with Crippen LogP contribution >= 0.6 is 11.3 Å². The highest BCUT2D eigenvalue weighted by atomic mass is 32.2. The number of nitrogens with zero attached hydrogens (tertiary/aromatic N) is 1. The Labute approximate surface area is 194 Å². The van der Waals surface area contributed by atoms with Crippen LogP contribution < -0.4 is 4.72 Å². The van der Waals surface area contributed by atoms with Crippen molar-refractivity contribution in [2.75, 3.05) is 18.4 Å². The third-order valence-corrected chi connectivity index (χ3v) is 9.24. The number of halogens is 2. The van der Waals surface area contributed by atoms with Crippen LogP contribution in [0, 0.1) is 17.6 Å². The van der Waals surface area contributed by atoms with Gasteiger partial charge in [0.05, 0.1) is 24.9 Å². The number of nitrogens with one attached hydrogen (secondary N) is 1. The van der Waals surface area contributed by atoms with Gasteiger partial charge in [-0.3, -0.25) is 9.52 Å². The molecule has 0 unspecified atom stereocenters. The number of fused-ring (bicyclic) bond motifs is 1. The summed E-state index contributed by atoms with van der Waals surface area (Å²) in [5, 5.41) is 0. The fraction of sp³-hybridized carbons (Fsp3) is 0.455. The van der Waals surface area contributed by atoms with Crippen LogP contribution in [0.15, 0.2) is 22.4 Å². The first-order valence-corrected chi connectivity index (χ1v) is 13.0. The van der Waals surface area contributed by atoms with E-state index in [0.29, 0.717) is 35.7 Å². The van der Waals surface area contributed by atoms with Gasteiger partial charge in [0.15, 0.2) is 15.8 Å². The van der Waals surface area contributed by atoms with E-state index in [1.54, 1.807) is 4.90 Å². The molecule has 0 bridgehead atoms. The van der Waals surface area contributed by atoms with Crippen LogP contribution in [-0.4, -0.2) is 38.8 Å². The lowest BCUT2D eigenvalue weighted by molar-refractivity contribution is -0.133. The summed E-state index contributed by atoms with van der Waals surface area (Å²) in [6.07, 6.45) is 5.19. The van der Waals surface area contributed by atoms with Gasteiger partial charge in [0, 0.05) is 23.9 Å². The molecule has 0 radical (unpaired) electrons. The number of rotatable bonds is 6. The highest BCUT2D eigenvalue weighted by Gasteiger charge is 2.35. The topological polar surface area (TPSA) is 92.8 Å². The molecule has 1 aliphatic carbocycles. The fourth-order valence-corrected chi connectivity index (χ4v) is 7.39. The second kappa shape index (κ2) is 9.38. The average molecular weight is 499 g/mol. The molecular weight excluding hydrogens is 474 g/mol. The van der Waals surface area contributed by atoms with Gasteiger partial charge in [-0.05, 0) is 42.9 Å². The van der Waals surface area contributed by atoms with E-state index in [9.17, 15) is 26.8 Å². The van der Waals surface area contributed by atoms with Crippen molar-refractivity contribution in [2.24, 2.45) is 5.92 Å².